The molecule has 1 fully saturated rings. The van der Waals surface area contributed by atoms with E-state index < -0.39 is 0 Å². The van der Waals surface area contributed by atoms with E-state index in [1.807, 2.05) is 12.1 Å². The molecular formula is C19H33IN4O. The molecule has 0 amide bonds. The van der Waals surface area contributed by atoms with Gasteiger partial charge in [0.15, 0.2) is 5.96 Å². The summed E-state index contributed by atoms with van der Waals surface area (Å²) in [4.78, 5) is 7.23. The molecule has 2 N–H and O–H groups in total. The summed E-state index contributed by atoms with van der Waals surface area (Å²) in [6, 6.07) is 9.05. The molecule has 1 aliphatic carbocycles. The Hall–Kier alpha value is -1.02. The van der Waals surface area contributed by atoms with Crippen LogP contribution in [0.2, 0.25) is 0 Å². The Bertz CT molecular complexity index is 503. The van der Waals surface area contributed by atoms with Crippen LogP contribution >= 0.6 is 24.0 Å². The molecule has 0 heterocycles. The summed E-state index contributed by atoms with van der Waals surface area (Å²) in [5.41, 5.74) is 1.30. The Morgan fingerprint density at radius 2 is 1.92 bits per heavy atom. The first kappa shape index (κ1) is 22.0. The summed E-state index contributed by atoms with van der Waals surface area (Å²) in [6.07, 6.45) is 3.69. The lowest BCUT2D eigenvalue weighted by Crippen LogP contribution is -2.39. The minimum atomic E-state index is 0. The van der Waals surface area contributed by atoms with Crippen LogP contribution in [0.25, 0.3) is 0 Å². The van der Waals surface area contributed by atoms with Gasteiger partial charge in [-0.05, 0) is 50.4 Å². The molecule has 25 heavy (non-hydrogen) atoms. The van der Waals surface area contributed by atoms with Crippen molar-refractivity contribution in [3.8, 4) is 5.75 Å². The Kier molecular flexibility index (Phi) is 10.9. The van der Waals surface area contributed by atoms with Crippen LogP contribution in [0.5, 0.6) is 5.75 Å². The Morgan fingerprint density at radius 1 is 1.20 bits per heavy atom. The Labute approximate surface area is 169 Å². The average Bonchev–Trinajstić information content (AvgIpc) is 3.44. The summed E-state index contributed by atoms with van der Waals surface area (Å²) in [6.45, 7) is 9.12. The van der Waals surface area contributed by atoms with Crippen molar-refractivity contribution in [2.24, 2.45) is 4.99 Å². The molecule has 0 unspecified atom stereocenters. The molecule has 0 saturated heterocycles. The van der Waals surface area contributed by atoms with Gasteiger partial charge in [-0.1, -0.05) is 19.1 Å². The maximum Gasteiger partial charge on any atom is 0.191 e. The molecule has 0 aliphatic heterocycles. The third kappa shape index (κ3) is 8.27. The lowest BCUT2D eigenvalue weighted by Gasteiger charge is -2.19. The predicted molar refractivity (Wildman–Crippen MR) is 116 cm³/mol. The number of guanidine groups is 1. The number of halogens is 1. The van der Waals surface area contributed by atoms with Crippen molar-refractivity contribution in [3.63, 3.8) is 0 Å². The van der Waals surface area contributed by atoms with E-state index in [2.05, 4.69) is 41.5 Å². The number of rotatable bonds is 10. The molecule has 0 aromatic heterocycles. The van der Waals surface area contributed by atoms with Crippen LogP contribution in [0.1, 0.15) is 32.3 Å². The molecule has 2 rings (SSSR count). The van der Waals surface area contributed by atoms with Gasteiger partial charge in [0.1, 0.15) is 5.75 Å². The van der Waals surface area contributed by atoms with E-state index in [0.717, 1.165) is 56.9 Å². The zero-order valence-corrected chi connectivity index (χ0v) is 18.1. The van der Waals surface area contributed by atoms with E-state index in [1.54, 1.807) is 7.11 Å². The van der Waals surface area contributed by atoms with E-state index in [0.29, 0.717) is 0 Å². The van der Waals surface area contributed by atoms with Gasteiger partial charge in [0.05, 0.1) is 13.7 Å². The first-order chi connectivity index (χ1) is 11.8. The van der Waals surface area contributed by atoms with Crippen LogP contribution in [0, 0.1) is 0 Å². The van der Waals surface area contributed by atoms with Gasteiger partial charge >= 0.3 is 0 Å². The minimum Gasteiger partial charge on any atom is -0.497 e. The molecule has 142 valence electrons. The maximum absolute atomic E-state index is 5.19. The highest BCUT2D eigenvalue weighted by Crippen LogP contribution is 2.25. The van der Waals surface area contributed by atoms with Crippen LogP contribution < -0.4 is 15.4 Å². The zero-order chi connectivity index (χ0) is 17.2. The lowest BCUT2D eigenvalue weighted by atomic mass is 10.1. The highest BCUT2D eigenvalue weighted by Gasteiger charge is 2.27. The van der Waals surface area contributed by atoms with Crippen molar-refractivity contribution in [1.82, 2.24) is 15.5 Å². The molecule has 1 aromatic rings. The van der Waals surface area contributed by atoms with E-state index in [-0.39, 0.29) is 24.0 Å². The second kappa shape index (κ2) is 12.4. The summed E-state index contributed by atoms with van der Waals surface area (Å²) in [7, 11) is 1.69. The molecule has 0 atom stereocenters. The molecule has 1 aliphatic rings. The van der Waals surface area contributed by atoms with Crippen molar-refractivity contribution in [2.45, 2.75) is 39.2 Å². The van der Waals surface area contributed by atoms with Crippen molar-refractivity contribution < 1.29 is 4.74 Å². The topological polar surface area (TPSA) is 48.9 Å². The lowest BCUT2D eigenvalue weighted by molar-refractivity contribution is 0.286. The molecule has 6 heteroatoms. The summed E-state index contributed by atoms with van der Waals surface area (Å²) in [5, 5.41) is 6.75. The Balaban J connectivity index is 0.00000312. The number of nitrogens with zero attached hydrogens (tertiary/aromatic N) is 2. The number of hydrogen-bond donors (Lipinski definition) is 2. The molecule has 5 nitrogen and oxygen atoms in total. The van der Waals surface area contributed by atoms with Gasteiger partial charge < -0.3 is 15.4 Å². The first-order valence-corrected chi connectivity index (χ1v) is 9.16. The van der Waals surface area contributed by atoms with Gasteiger partial charge in [-0.2, -0.15) is 0 Å². The minimum absolute atomic E-state index is 0. The number of ether oxygens (including phenoxy) is 1. The fraction of sp³-hybridized carbons (Fsp3) is 0.632. The largest absolute Gasteiger partial charge is 0.497 e. The van der Waals surface area contributed by atoms with Crippen LogP contribution in [0.3, 0.4) is 0 Å². The average molecular weight is 460 g/mol. The van der Waals surface area contributed by atoms with Gasteiger partial charge in [0.2, 0.25) is 0 Å². The SMILES string of the molecule is CCNC(=NCCN(CC)C1CC1)NCCc1ccc(OC)cc1.I. The number of hydrogen-bond acceptors (Lipinski definition) is 3. The second-order valence-electron chi connectivity index (χ2n) is 6.15. The van der Waals surface area contributed by atoms with Crippen LogP contribution in [-0.4, -0.2) is 56.7 Å². The van der Waals surface area contributed by atoms with Crippen LogP contribution in [0.15, 0.2) is 29.3 Å². The highest BCUT2D eigenvalue weighted by molar-refractivity contribution is 14.0. The fourth-order valence-electron chi connectivity index (χ4n) is 2.79. The van der Waals surface area contributed by atoms with Crippen LogP contribution in [0.4, 0.5) is 0 Å². The number of methoxy groups -OCH3 is 1. The summed E-state index contributed by atoms with van der Waals surface area (Å²) in [5.74, 6) is 1.82. The maximum atomic E-state index is 5.19. The fourth-order valence-corrected chi connectivity index (χ4v) is 2.79. The monoisotopic (exact) mass is 460 g/mol. The summed E-state index contributed by atoms with van der Waals surface area (Å²) < 4.78 is 5.19. The van der Waals surface area contributed by atoms with E-state index in [1.165, 1.54) is 18.4 Å². The third-order valence-corrected chi connectivity index (χ3v) is 4.34. The van der Waals surface area contributed by atoms with Crippen LogP contribution in [-0.2, 0) is 6.42 Å². The van der Waals surface area contributed by atoms with Gasteiger partial charge in [-0.25, -0.2) is 0 Å². The van der Waals surface area contributed by atoms with Gasteiger partial charge in [0, 0.05) is 25.7 Å². The standard InChI is InChI=1S/C19H32N4O.HI/c1-4-20-19(22-14-15-23(5-2)17-8-9-17)21-13-12-16-6-10-18(24-3)11-7-16;/h6-7,10-11,17H,4-5,8-9,12-15H2,1-3H3,(H2,20,21,22);1H. The molecule has 0 bridgehead atoms. The third-order valence-electron chi connectivity index (χ3n) is 4.34. The zero-order valence-electron chi connectivity index (χ0n) is 15.8. The van der Waals surface area contributed by atoms with E-state index >= 15 is 0 Å². The molecule has 0 radical (unpaired) electrons. The van der Waals surface area contributed by atoms with Gasteiger partial charge in [-0.3, -0.25) is 9.89 Å². The van der Waals surface area contributed by atoms with E-state index in [4.69, 9.17) is 9.73 Å². The van der Waals surface area contributed by atoms with Gasteiger partial charge in [-0.15, -0.1) is 24.0 Å². The molecule has 0 spiro atoms. The number of aliphatic imine (C=N–C) groups is 1. The quantitative estimate of drug-likeness (QED) is 0.320. The molecule has 1 saturated carbocycles. The second-order valence-corrected chi connectivity index (χ2v) is 6.15. The van der Waals surface area contributed by atoms with Crippen molar-refractivity contribution >= 4 is 29.9 Å². The van der Waals surface area contributed by atoms with Crippen molar-refractivity contribution in [3.05, 3.63) is 29.8 Å². The number of benzene rings is 1. The predicted octanol–water partition coefficient (Wildman–Crippen LogP) is 2.90. The van der Waals surface area contributed by atoms with Gasteiger partial charge in [0.25, 0.3) is 0 Å². The highest BCUT2D eigenvalue weighted by atomic mass is 127. The normalized spacial score (nSPS) is 14.2. The number of nitrogens with one attached hydrogen (secondary N) is 2. The first-order valence-electron chi connectivity index (χ1n) is 9.16. The Morgan fingerprint density at radius 3 is 2.48 bits per heavy atom. The molecule has 1 aromatic carbocycles. The molecular weight excluding hydrogens is 427 g/mol. The van der Waals surface area contributed by atoms with E-state index in [9.17, 15) is 0 Å². The van der Waals surface area contributed by atoms with Crippen molar-refractivity contribution in [2.75, 3.05) is 39.8 Å². The van der Waals surface area contributed by atoms with Crippen molar-refractivity contribution in [1.29, 1.82) is 0 Å². The number of likely N-dealkylation sites (N-methyl/N-ethyl adjacent to an activating group) is 1. The summed E-state index contributed by atoms with van der Waals surface area (Å²) >= 11 is 0. The smallest absolute Gasteiger partial charge is 0.191 e.